The number of nitrogens with two attached hydrogens (primary N) is 1. The van der Waals surface area contributed by atoms with Crippen molar-refractivity contribution in [3.63, 3.8) is 0 Å². The van der Waals surface area contributed by atoms with E-state index in [1.54, 1.807) is 11.0 Å². The number of aromatic nitrogens is 3. The molecule has 0 aromatic carbocycles. The Morgan fingerprint density at radius 1 is 1.50 bits per heavy atom. The van der Waals surface area contributed by atoms with Crippen LogP contribution >= 0.6 is 0 Å². The van der Waals surface area contributed by atoms with E-state index in [-0.39, 0.29) is 0 Å². The van der Waals surface area contributed by atoms with Crippen molar-refractivity contribution in [1.29, 1.82) is 0 Å². The van der Waals surface area contributed by atoms with Gasteiger partial charge in [-0.25, -0.2) is 9.67 Å². The van der Waals surface area contributed by atoms with Crippen molar-refractivity contribution in [1.82, 2.24) is 14.8 Å². The fraction of sp³-hybridized carbons (Fsp3) is 0.333. The Bertz CT molecular complexity index is 190. The van der Waals surface area contributed by atoms with Gasteiger partial charge in [0.2, 0.25) is 0 Å². The van der Waals surface area contributed by atoms with Gasteiger partial charge in [0.1, 0.15) is 12.7 Å². The summed E-state index contributed by atoms with van der Waals surface area (Å²) in [6, 6.07) is 0. The summed E-state index contributed by atoms with van der Waals surface area (Å²) in [6.07, 6.45) is 7.02. The first kappa shape index (κ1) is 6.95. The van der Waals surface area contributed by atoms with Crippen molar-refractivity contribution in [2.24, 2.45) is 5.73 Å². The highest BCUT2D eigenvalue weighted by atomic mass is 15.3. The Balaban J connectivity index is 2.34. The van der Waals surface area contributed by atoms with Crippen LogP contribution in [0.4, 0.5) is 0 Å². The zero-order valence-corrected chi connectivity index (χ0v) is 5.64. The minimum atomic E-state index is 0.578. The largest absolute Gasteiger partial charge is 0.327 e. The van der Waals surface area contributed by atoms with Crippen LogP contribution in [-0.4, -0.2) is 21.3 Å². The summed E-state index contributed by atoms with van der Waals surface area (Å²) in [5.74, 6) is 0. The molecule has 0 aliphatic carbocycles. The van der Waals surface area contributed by atoms with Crippen LogP contribution < -0.4 is 5.73 Å². The first-order valence-electron chi connectivity index (χ1n) is 3.11. The van der Waals surface area contributed by atoms with Crippen molar-refractivity contribution in [3.8, 4) is 0 Å². The maximum absolute atomic E-state index is 5.24. The molecule has 0 saturated carbocycles. The highest BCUT2D eigenvalue weighted by Crippen LogP contribution is 1.80. The Hall–Kier alpha value is -1.16. The lowest BCUT2D eigenvalue weighted by Crippen LogP contribution is -1.97. The molecule has 0 aliphatic rings. The number of hydrogen-bond acceptors (Lipinski definition) is 3. The monoisotopic (exact) mass is 138 g/mol. The molecule has 0 fully saturated rings. The SMILES string of the molecule is NC/C=C/Cn1cncn1. The summed E-state index contributed by atoms with van der Waals surface area (Å²) >= 11 is 0. The Kier molecular flexibility index (Phi) is 2.63. The third kappa shape index (κ3) is 1.99. The molecule has 1 aromatic rings. The van der Waals surface area contributed by atoms with E-state index in [2.05, 4.69) is 10.1 Å². The van der Waals surface area contributed by atoms with Crippen LogP contribution in [0.1, 0.15) is 0 Å². The van der Waals surface area contributed by atoms with Crippen LogP contribution in [0.15, 0.2) is 24.8 Å². The average molecular weight is 138 g/mol. The molecule has 1 rings (SSSR count). The minimum absolute atomic E-state index is 0.578. The molecule has 0 saturated heterocycles. The summed E-state index contributed by atoms with van der Waals surface area (Å²) in [4.78, 5) is 3.79. The normalized spacial score (nSPS) is 10.9. The fourth-order valence-electron chi connectivity index (χ4n) is 0.606. The van der Waals surface area contributed by atoms with Gasteiger partial charge < -0.3 is 5.73 Å². The molecular formula is C6H10N4. The van der Waals surface area contributed by atoms with E-state index in [0.717, 1.165) is 6.54 Å². The van der Waals surface area contributed by atoms with Gasteiger partial charge in [-0.1, -0.05) is 12.2 Å². The highest BCUT2D eigenvalue weighted by Gasteiger charge is 1.82. The van der Waals surface area contributed by atoms with Crippen LogP contribution in [-0.2, 0) is 6.54 Å². The van der Waals surface area contributed by atoms with E-state index < -0.39 is 0 Å². The number of rotatable bonds is 3. The minimum Gasteiger partial charge on any atom is -0.327 e. The van der Waals surface area contributed by atoms with Gasteiger partial charge in [0.25, 0.3) is 0 Å². The molecule has 4 nitrogen and oxygen atoms in total. The summed E-state index contributed by atoms with van der Waals surface area (Å²) in [5, 5.41) is 3.90. The van der Waals surface area contributed by atoms with Crippen molar-refractivity contribution in [2.45, 2.75) is 6.54 Å². The summed E-state index contributed by atoms with van der Waals surface area (Å²) in [5.41, 5.74) is 5.24. The first-order chi connectivity index (χ1) is 4.93. The van der Waals surface area contributed by atoms with E-state index >= 15 is 0 Å². The Morgan fingerprint density at radius 3 is 3.00 bits per heavy atom. The van der Waals surface area contributed by atoms with Crippen molar-refractivity contribution < 1.29 is 0 Å². The zero-order valence-electron chi connectivity index (χ0n) is 5.64. The van der Waals surface area contributed by atoms with Gasteiger partial charge in [-0.15, -0.1) is 0 Å². The second-order valence-electron chi connectivity index (χ2n) is 1.82. The molecule has 54 valence electrons. The number of nitrogens with zero attached hydrogens (tertiary/aromatic N) is 3. The van der Waals surface area contributed by atoms with Gasteiger partial charge in [0, 0.05) is 6.54 Å². The second-order valence-corrected chi connectivity index (χ2v) is 1.82. The highest BCUT2D eigenvalue weighted by molar-refractivity contribution is 4.82. The molecule has 0 spiro atoms. The third-order valence-electron chi connectivity index (χ3n) is 1.06. The van der Waals surface area contributed by atoms with Crippen molar-refractivity contribution in [3.05, 3.63) is 24.8 Å². The molecule has 1 heterocycles. The lowest BCUT2D eigenvalue weighted by molar-refractivity contribution is 0.699. The van der Waals surface area contributed by atoms with Gasteiger partial charge in [0.05, 0.1) is 6.54 Å². The molecule has 10 heavy (non-hydrogen) atoms. The maximum Gasteiger partial charge on any atom is 0.137 e. The van der Waals surface area contributed by atoms with Crippen LogP contribution in [0, 0.1) is 0 Å². The van der Waals surface area contributed by atoms with Gasteiger partial charge >= 0.3 is 0 Å². The predicted molar refractivity (Wildman–Crippen MR) is 38.2 cm³/mol. The molecular weight excluding hydrogens is 128 g/mol. The third-order valence-corrected chi connectivity index (χ3v) is 1.06. The molecule has 0 bridgehead atoms. The van der Waals surface area contributed by atoms with Gasteiger partial charge in [0.15, 0.2) is 0 Å². The topological polar surface area (TPSA) is 56.7 Å². The zero-order chi connectivity index (χ0) is 7.23. The van der Waals surface area contributed by atoms with Crippen molar-refractivity contribution >= 4 is 0 Å². The summed E-state index contributed by atoms with van der Waals surface area (Å²) in [7, 11) is 0. The predicted octanol–water partition coefficient (Wildman–Crippen LogP) is -0.207. The Morgan fingerprint density at radius 2 is 2.40 bits per heavy atom. The smallest absolute Gasteiger partial charge is 0.137 e. The maximum atomic E-state index is 5.24. The van der Waals surface area contributed by atoms with Crippen LogP contribution in [0.3, 0.4) is 0 Å². The lowest BCUT2D eigenvalue weighted by Gasteiger charge is -1.90. The molecule has 0 amide bonds. The van der Waals surface area contributed by atoms with E-state index in [9.17, 15) is 0 Å². The van der Waals surface area contributed by atoms with Gasteiger partial charge in [-0.05, 0) is 0 Å². The van der Waals surface area contributed by atoms with E-state index in [1.807, 2.05) is 12.2 Å². The van der Waals surface area contributed by atoms with Crippen LogP contribution in [0.5, 0.6) is 0 Å². The van der Waals surface area contributed by atoms with E-state index in [4.69, 9.17) is 5.73 Å². The number of allylic oxidation sites excluding steroid dienone is 1. The van der Waals surface area contributed by atoms with Gasteiger partial charge in [-0.2, -0.15) is 5.10 Å². The fourth-order valence-corrected chi connectivity index (χ4v) is 0.606. The molecule has 1 aromatic heterocycles. The Labute approximate surface area is 59.4 Å². The molecule has 4 heteroatoms. The van der Waals surface area contributed by atoms with Crippen LogP contribution in [0.25, 0.3) is 0 Å². The lowest BCUT2D eigenvalue weighted by atomic mass is 10.5. The number of hydrogen-bond donors (Lipinski definition) is 1. The first-order valence-corrected chi connectivity index (χ1v) is 3.11. The second kappa shape index (κ2) is 3.79. The quantitative estimate of drug-likeness (QED) is 0.588. The van der Waals surface area contributed by atoms with Gasteiger partial charge in [-0.3, -0.25) is 0 Å². The summed E-state index contributed by atoms with van der Waals surface area (Å²) in [6.45, 7) is 1.33. The average Bonchev–Trinajstić information content (AvgIpc) is 2.41. The molecule has 0 radical (unpaired) electrons. The van der Waals surface area contributed by atoms with E-state index in [0.29, 0.717) is 6.54 Å². The standard InChI is InChI=1S/C6H10N4/c7-3-1-2-4-10-6-8-5-9-10/h1-2,5-6H,3-4,7H2/b2-1+. The molecule has 0 atom stereocenters. The molecule has 0 aliphatic heterocycles. The molecule has 0 unspecified atom stereocenters. The van der Waals surface area contributed by atoms with E-state index in [1.165, 1.54) is 6.33 Å². The summed E-state index contributed by atoms with van der Waals surface area (Å²) < 4.78 is 1.73. The van der Waals surface area contributed by atoms with Crippen LogP contribution in [0.2, 0.25) is 0 Å². The molecule has 2 N–H and O–H groups in total. The van der Waals surface area contributed by atoms with Crippen molar-refractivity contribution in [2.75, 3.05) is 6.54 Å².